The number of amides is 1. The Bertz CT molecular complexity index is 834. The predicted molar refractivity (Wildman–Crippen MR) is 107 cm³/mol. The van der Waals surface area contributed by atoms with Crippen molar-refractivity contribution in [3.8, 4) is 0 Å². The van der Waals surface area contributed by atoms with Crippen molar-refractivity contribution in [3.05, 3.63) is 17.0 Å². The van der Waals surface area contributed by atoms with Crippen molar-refractivity contribution in [3.63, 3.8) is 0 Å². The zero-order valence-electron chi connectivity index (χ0n) is 17.1. The van der Waals surface area contributed by atoms with Crippen LogP contribution in [-0.4, -0.2) is 58.7 Å². The van der Waals surface area contributed by atoms with E-state index in [9.17, 15) is 13.2 Å². The quantitative estimate of drug-likeness (QED) is 0.745. The third kappa shape index (κ3) is 3.85. The topological polar surface area (TPSA) is 75.5 Å². The highest BCUT2D eigenvalue weighted by molar-refractivity contribution is 7.88. The number of sulfonamides is 1. The second-order valence-electron chi connectivity index (χ2n) is 8.69. The van der Waals surface area contributed by atoms with Crippen LogP contribution in [0.25, 0.3) is 0 Å². The molecule has 2 aliphatic carbocycles. The van der Waals surface area contributed by atoms with Crippen LogP contribution in [0.1, 0.15) is 61.9 Å². The van der Waals surface area contributed by atoms with Gasteiger partial charge in [-0.3, -0.25) is 9.48 Å². The zero-order valence-corrected chi connectivity index (χ0v) is 17.9. The molecule has 1 saturated carbocycles. The first-order valence-electron chi connectivity index (χ1n) is 10.6. The minimum atomic E-state index is -3.17. The number of aromatic nitrogens is 2. The average Bonchev–Trinajstić information content (AvgIpc) is 3.39. The number of carbonyl (C=O) groups is 1. The summed E-state index contributed by atoms with van der Waals surface area (Å²) < 4.78 is 27.1. The van der Waals surface area contributed by atoms with E-state index < -0.39 is 10.0 Å². The summed E-state index contributed by atoms with van der Waals surface area (Å²) >= 11 is 0. The summed E-state index contributed by atoms with van der Waals surface area (Å²) in [6, 6.07) is 0.305. The van der Waals surface area contributed by atoms with Crippen LogP contribution in [-0.2, 0) is 41.3 Å². The van der Waals surface area contributed by atoms with Crippen LogP contribution in [0.3, 0.4) is 0 Å². The van der Waals surface area contributed by atoms with Crippen molar-refractivity contribution >= 4 is 15.9 Å². The van der Waals surface area contributed by atoms with Crippen LogP contribution in [0.5, 0.6) is 0 Å². The molecule has 2 fully saturated rings. The van der Waals surface area contributed by atoms with E-state index in [0.717, 1.165) is 31.4 Å². The molecule has 156 valence electrons. The number of carbonyl (C=O) groups excluding carboxylic acids is 1. The average molecular weight is 409 g/mol. The fourth-order valence-corrected chi connectivity index (χ4v) is 6.13. The first kappa shape index (κ1) is 19.9. The van der Waals surface area contributed by atoms with Crippen molar-refractivity contribution in [2.24, 2.45) is 13.0 Å². The van der Waals surface area contributed by atoms with Gasteiger partial charge in [-0.2, -0.15) is 5.10 Å². The van der Waals surface area contributed by atoms with E-state index in [4.69, 9.17) is 5.10 Å². The number of nitrogens with zero attached hydrogens (tertiary/aromatic N) is 4. The molecule has 0 N–H and O–H groups in total. The number of piperidine rings is 1. The van der Waals surface area contributed by atoms with Gasteiger partial charge in [0.15, 0.2) is 0 Å². The van der Waals surface area contributed by atoms with Gasteiger partial charge in [0.25, 0.3) is 0 Å². The third-order valence-corrected chi connectivity index (χ3v) is 8.14. The molecule has 0 aromatic carbocycles. The highest BCUT2D eigenvalue weighted by Gasteiger charge is 2.36. The van der Waals surface area contributed by atoms with Gasteiger partial charge in [-0.15, -0.1) is 0 Å². The van der Waals surface area contributed by atoms with Gasteiger partial charge in [0.2, 0.25) is 15.9 Å². The maximum atomic E-state index is 13.5. The van der Waals surface area contributed by atoms with Gasteiger partial charge in [0, 0.05) is 37.8 Å². The maximum Gasteiger partial charge on any atom is 0.226 e. The molecule has 4 rings (SSSR count). The Morgan fingerprint density at radius 2 is 1.79 bits per heavy atom. The Morgan fingerprint density at radius 1 is 1.11 bits per heavy atom. The lowest BCUT2D eigenvalue weighted by Crippen LogP contribution is -2.46. The number of hydrogen-bond donors (Lipinski definition) is 0. The highest BCUT2D eigenvalue weighted by Crippen LogP contribution is 2.31. The summed E-state index contributed by atoms with van der Waals surface area (Å²) in [5, 5.41) is 4.75. The minimum absolute atomic E-state index is 0.0737. The Labute approximate surface area is 168 Å². The lowest BCUT2D eigenvalue weighted by Gasteiger charge is -2.35. The second-order valence-corrected chi connectivity index (χ2v) is 10.7. The molecule has 0 spiro atoms. The first-order valence-corrected chi connectivity index (χ1v) is 12.5. The summed E-state index contributed by atoms with van der Waals surface area (Å²) in [5.41, 5.74) is 3.75. The maximum absolute atomic E-state index is 13.5. The van der Waals surface area contributed by atoms with Crippen molar-refractivity contribution < 1.29 is 13.2 Å². The molecule has 0 radical (unpaired) electrons. The lowest BCUT2D eigenvalue weighted by atomic mass is 9.95. The fraction of sp³-hybridized carbons (Fsp3) is 0.800. The molecule has 1 amide bonds. The summed E-state index contributed by atoms with van der Waals surface area (Å²) in [5.74, 6) is 0.132. The van der Waals surface area contributed by atoms with Crippen LogP contribution >= 0.6 is 0 Å². The molecule has 0 atom stereocenters. The van der Waals surface area contributed by atoms with Gasteiger partial charge in [-0.25, -0.2) is 12.7 Å². The summed E-state index contributed by atoms with van der Waals surface area (Å²) in [6.07, 6.45) is 10.3. The third-order valence-electron chi connectivity index (χ3n) is 6.84. The normalized spacial score (nSPS) is 21.9. The van der Waals surface area contributed by atoms with Crippen LogP contribution in [0.15, 0.2) is 0 Å². The van der Waals surface area contributed by atoms with E-state index in [-0.39, 0.29) is 11.8 Å². The Hall–Kier alpha value is -1.41. The monoisotopic (exact) mass is 408 g/mol. The predicted octanol–water partition coefficient (Wildman–Crippen LogP) is 1.85. The zero-order chi connectivity index (χ0) is 19.9. The SMILES string of the molecule is Cn1nc(CN(C(=O)C2CCN(S(C)(=O)=O)CC2)C2CCCC2)c2c1CCC2. The van der Waals surface area contributed by atoms with Gasteiger partial charge in [0.1, 0.15) is 0 Å². The molecule has 1 aliphatic heterocycles. The van der Waals surface area contributed by atoms with Gasteiger partial charge in [0.05, 0.1) is 18.5 Å². The van der Waals surface area contributed by atoms with Crippen molar-refractivity contribution in [2.75, 3.05) is 19.3 Å². The van der Waals surface area contributed by atoms with E-state index in [1.54, 1.807) is 0 Å². The van der Waals surface area contributed by atoms with Crippen molar-refractivity contribution in [1.29, 1.82) is 0 Å². The molecule has 8 heteroatoms. The van der Waals surface area contributed by atoms with Gasteiger partial charge >= 0.3 is 0 Å². The number of fused-ring (bicyclic) bond motifs is 1. The van der Waals surface area contributed by atoms with Crippen molar-refractivity contribution in [2.45, 2.75) is 70.4 Å². The number of hydrogen-bond acceptors (Lipinski definition) is 4. The molecule has 1 saturated heterocycles. The van der Waals surface area contributed by atoms with Crippen molar-refractivity contribution in [1.82, 2.24) is 19.0 Å². The lowest BCUT2D eigenvalue weighted by molar-refractivity contribution is -0.139. The summed E-state index contributed by atoms with van der Waals surface area (Å²) in [6.45, 7) is 1.51. The molecular weight excluding hydrogens is 376 g/mol. The second kappa shape index (κ2) is 7.78. The molecule has 7 nitrogen and oxygen atoms in total. The van der Waals surface area contributed by atoms with E-state index in [0.29, 0.717) is 38.5 Å². The molecule has 28 heavy (non-hydrogen) atoms. The van der Waals surface area contributed by atoms with Crippen LogP contribution in [0, 0.1) is 5.92 Å². The summed E-state index contributed by atoms with van der Waals surface area (Å²) in [4.78, 5) is 15.6. The molecule has 0 unspecified atom stereocenters. The first-order chi connectivity index (χ1) is 13.3. The van der Waals surface area contributed by atoms with Gasteiger partial charge < -0.3 is 4.90 Å². The smallest absolute Gasteiger partial charge is 0.226 e. The number of rotatable bonds is 5. The molecule has 1 aromatic rings. The van der Waals surface area contributed by atoms with Gasteiger partial charge in [-0.1, -0.05) is 12.8 Å². The molecule has 2 heterocycles. The Morgan fingerprint density at radius 3 is 2.43 bits per heavy atom. The standard InChI is InChI=1S/C20H32N4O3S/c1-22-19-9-5-8-17(19)18(21-22)14-24(16-6-3-4-7-16)20(25)15-10-12-23(13-11-15)28(2,26)27/h15-16H,3-14H2,1-2H3. The molecule has 3 aliphatic rings. The van der Waals surface area contributed by atoms with Crippen LogP contribution in [0.2, 0.25) is 0 Å². The van der Waals surface area contributed by atoms with Gasteiger partial charge in [-0.05, 0) is 50.5 Å². The minimum Gasteiger partial charge on any atom is -0.333 e. The van der Waals surface area contributed by atoms with E-state index >= 15 is 0 Å². The summed E-state index contributed by atoms with van der Waals surface area (Å²) in [7, 11) is -1.16. The molecular formula is C20H32N4O3S. The Kier molecular flexibility index (Phi) is 5.53. The Balaban J connectivity index is 1.51. The van der Waals surface area contributed by atoms with E-state index in [1.807, 2.05) is 11.7 Å². The van der Waals surface area contributed by atoms with E-state index in [1.165, 1.54) is 41.1 Å². The van der Waals surface area contributed by atoms with E-state index in [2.05, 4.69) is 4.90 Å². The number of aryl methyl sites for hydroxylation is 1. The fourth-order valence-electron chi connectivity index (χ4n) is 5.26. The largest absolute Gasteiger partial charge is 0.333 e. The molecule has 1 aromatic heterocycles. The highest BCUT2D eigenvalue weighted by atomic mass is 32.2. The van der Waals surface area contributed by atoms with Crippen LogP contribution < -0.4 is 0 Å². The molecule has 0 bridgehead atoms. The van der Waals surface area contributed by atoms with Crippen LogP contribution in [0.4, 0.5) is 0 Å².